The van der Waals surface area contributed by atoms with Gasteiger partial charge in [-0.2, -0.15) is 0 Å². The van der Waals surface area contributed by atoms with Crippen LogP contribution in [0.5, 0.6) is 0 Å². The molecule has 170 valence electrons. The van der Waals surface area contributed by atoms with E-state index in [2.05, 4.69) is 117 Å². The largest absolute Gasteiger partial charge is 0.208 e. The second kappa shape index (κ2) is 7.96. The van der Waals surface area contributed by atoms with Gasteiger partial charge in [-0.25, -0.2) is 15.0 Å². The lowest BCUT2D eigenvalue weighted by molar-refractivity contribution is 1.08. The number of rotatable bonds is 3. The molecular formula is C33H23N3. The predicted molar refractivity (Wildman–Crippen MR) is 148 cm³/mol. The first-order chi connectivity index (χ1) is 17.7. The molecule has 0 bridgehead atoms. The lowest BCUT2D eigenvalue weighted by Crippen LogP contribution is -2.00. The van der Waals surface area contributed by atoms with Gasteiger partial charge in [0.15, 0.2) is 17.5 Å². The monoisotopic (exact) mass is 461 g/mol. The molecule has 7 rings (SSSR count). The Labute approximate surface area is 210 Å². The van der Waals surface area contributed by atoms with E-state index >= 15 is 0 Å². The maximum absolute atomic E-state index is 5.00. The van der Waals surface area contributed by atoms with Gasteiger partial charge < -0.3 is 0 Å². The molecule has 3 nitrogen and oxygen atoms in total. The van der Waals surface area contributed by atoms with Crippen molar-refractivity contribution < 1.29 is 0 Å². The summed E-state index contributed by atoms with van der Waals surface area (Å²) in [5, 5.41) is 2.43. The average Bonchev–Trinajstić information content (AvgIpc) is 3.25. The van der Waals surface area contributed by atoms with Crippen molar-refractivity contribution >= 4 is 10.8 Å². The van der Waals surface area contributed by atoms with Crippen LogP contribution in [0.1, 0.15) is 11.1 Å². The number of fused-ring (bicyclic) bond motifs is 3. The van der Waals surface area contributed by atoms with Crippen LogP contribution in [0.15, 0.2) is 103 Å². The van der Waals surface area contributed by atoms with Gasteiger partial charge in [-0.15, -0.1) is 0 Å². The first kappa shape index (κ1) is 20.7. The Morgan fingerprint density at radius 1 is 0.389 bits per heavy atom. The molecule has 5 aromatic carbocycles. The summed E-state index contributed by atoms with van der Waals surface area (Å²) >= 11 is 0. The van der Waals surface area contributed by atoms with E-state index in [1.165, 1.54) is 38.8 Å². The van der Waals surface area contributed by atoms with E-state index in [1.54, 1.807) is 0 Å². The molecule has 0 radical (unpaired) electrons. The third kappa shape index (κ3) is 3.24. The van der Waals surface area contributed by atoms with Crippen LogP contribution < -0.4 is 0 Å². The zero-order valence-electron chi connectivity index (χ0n) is 20.2. The van der Waals surface area contributed by atoms with Crippen LogP contribution in [0.3, 0.4) is 0 Å². The van der Waals surface area contributed by atoms with Crippen LogP contribution in [-0.4, -0.2) is 15.0 Å². The van der Waals surface area contributed by atoms with Gasteiger partial charge in [-0.1, -0.05) is 108 Å². The van der Waals surface area contributed by atoms with Crippen molar-refractivity contribution in [2.45, 2.75) is 13.8 Å². The zero-order valence-corrected chi connectivity index (χ0v) is 20.2. The molecule has 0 unspecified atom stereocenters. The summed E-state index contributed by atoms with van der Waals surface area (Å²) < 4.78 is 0. The van der Waals surface area contributed by atoms with Gasteiger partial charge in [0.1, 0.15) is 0 Å². The number of aryl methyl sites for hydroxylation is 2. The smallest absolute Gasteiger partial charge is 0.164 e. The molecule has 0 saturated carbocycles. The topological polar surface area (TPSA) is 38.7 Å². The van der Waals surface area contributed by atoms with Crippen molar-refractivity contribution in [2.24, 2.45) is 0 Å². The van der Waals surface area contributed by atoms with Crippen molar-refractivity contribution in [1.82, 2.24) is 15.0 Å². The standard InChI is InChI=1S/C33H23N3/c1-20-10-14-22(15-11-20)31-34-32(23-16-12-21(2)13-17-23)36-33(35-31)29-19-18-28-25-7-4-3-6-24(25)26-8-5-9-27(29)30(26)28/h3-19H,1-2H3. The minimum absolute atomic E-state index is 0.683. The molecule has 1 heterocycles. The molecular weight excluding hydrogens is 438 g/mol. The SMILES string of the molecule is Cc1ccc(-c2nc(-c3ccc(C)cc3)nc(-c3ccc4c5c(cccc35)-c3ccccc3-4)n2)cc1. The summed E-state index contributed by atoms with van der Waals surface area (Å²) in [7, 11) is 0. The van der Waals surface area contributed by atoms with Crippen LogP contribution in [0.25, 0.3) is 67.2 Å². The van der Waals surface area contributed by atoms with E-state index in [1.807, 2.05) is 0 Å². The van der Waals surface area contributed by atoms with Crippen LogP contribution in [0, 0.1) is 13.8 Å². The fourth-order valence-electron chi connectivity index (χ4n) is 5.16. The molecule has 1 aromatic heterocycles. The number of aromatic nitrogens is 3. The average molecular weight is 462 g/mol. The van der Waals surface area contributed by atoms with Gasteiger partial charge in [0, 0.05) is 16.7 Å². The Hall–Kier alpha value is -4.63. The van der Waals surface area contributed by atoms with Gasteiger partial charge in [0.25, 0.3) is 0 Å². The lowest BCUT2D eigenvalue weighted by atomic mass is 9.98. The lowest BCUT2D eigenvalue weighted by Gasteiger charge is -2.12. The number of nitrogens with zero attached hydrogens (tertiary/aromatic N) is 3. The first-order valence-corrected chi connectivity index (χ1v) is 12.2. The minimum atomic E-state index is 0.683. The molecule has 36 heavy (non-hydrogen) atoms. The zero-order chi connectivity index (χ0) is 24.2. The van der Waals surface area contributed by atoms with Crippen LogP contribution in [0.4, 0.5) is 0 Å². The Morgan fingerprint density at radius 2 is 0.861 bits per heavy atom. The quantitative estimate of drug-likeness (QED) is 0.266. The van der Waals surface area contributed by atoms with Crippen LogP contribution >= 0.6 is 0 Å². The van der Waals surface area contributed by atoms with Crippen molar-refractivity contribution in [3.05, 3.63) is 114 Å². The molecule has 1 aliphatic carbocycles. The Morgan fingerprint density at radius 3 is 1.44 bits per heavy atom. The van der Waals surface area contributed by atoms with Gasteiger partial charge >= 0.3 is 0 Å². The third-order valence-corrected chi connectivity index (χ3v) is 7.04. The fourth-order valence-corrected chi connectivity index (χ4v) is 5.16. The van der Waals surface area contributed by atoms with E-state index in [9.17, 15) is 0 Å². The van der Waals surface area contributed by atoms with Crippen molar-refractivity contribution in [2.75, 3.05) is 0 Å². The van der Waals surface area contributed by atoms with Crippen LogP contribution in [-0.2, 0) is 0 Å². The van der Waals surface area contributed by atoms with E-state index in [4.69, 9.17) is 15.0 Å². The first-order valence-electron chi connectivity index (χ1n) is 12.2. The van der Waals surface area contributed by atoms with Gasteiger partial charge in [0.05, 0.1) is 0 Å². The molecule has 0 aliphatic heterocycles. The fraction of sp³-hybridized carbons (Fsp3) is 0.0606. The summed E-state index contributed by atoms with van der Waals surface area (Å²) in [6.45, 7) is 4.18. The Kier molecular flexibility index (Phi) is 4.58. The normalized spacial score (nSPS) is 11.6. The molecule has 0 saturated heterocycles. The van der Waals surface area contributed by atoms with Crippen molar-refractivity contribution in [3.63, 3.8) is 0 Å². The number of hydrogen-bond donors (Lipinski definition) is 0. The molecule has 0 fully saturated rings. The Bertz CT molecular complexity index is 1690. The van der Waals surface area contributed by atoms with E-state index in [0.717, 1.165) is 22.1 Å². The van der Waals surface area contributed by atoms with Gasteiger partial charge in [-0.05, 0) is 52.9 Å². The molecule has 0 spiro atoms. The highest BCUT2D eigenvalue weighted by atomic mass is 15.0. The molecule has 1 aliphatic rings. The highest BCUT2D eigenvalue weighted by Crippen LogP contribution is 2.48. The van der Waals surface area contributed by atoms with E-state index < -0.39 is 0 Å². The van der Waals surface area contributed by atoms with E-state index in [-0.39, 0.29) is 0 Å². The third-order valence-electron chi connectivity index (χ3n) is 7.04. The van der Waals surface area contributed by atoms with Gasteiger partial charge in [-0.3, -0.25) is 0 Å². The summed E-state index contributed by atoms with van der Waals surface area (Å²) in [5.74, 6) is 2.06. The second-order valence-electron chi connectivity index (χ2n) is 9.47. The molecule has 0 atom stereocenters. The summed E-state index contributed by atoms with van der Waals surface area (Å²) in [6.07, 6.45) is 0. The summed E-state index contributed by atoms with van der Waals surface area (Å²) in [4.78, 5) is 14.9. The predicted octanol–water partition coefficient (Wildman–Crippen LogP) is 8.29. The van der Waals surface area contributed by atoms with E-state index in [0.29, 0.717) is 17.5 Å². The highest BCUT2D eigenvalue weighted by molar-refractivity contribution is 6.18. The number of benzene rings is 5. The summed E-state index contributed by atoms with van der Waals surface area (Å²) in [6, 6.07) is 36.3. The maximum Gasteiger partial charge on any atom is 0.164 e. The molecule has 0 N–H and O–H groups in total. The highest BCUT2D eigenvalue weighted by Gasteiger charge is 2.23. The minimum Gasteiger partial charge on any atom is -0.208 e. The van der Waals surface area contributed by atoms with Gasteiger partial charge in [0.2, 0.25) is 0 Å². The van der Waals surface area contributed by atoms with Crippen LogP contribution in [0.2, 0.25) is 0 Å². The molecule has 3 heteroatoms. The number of hydrogen-bond acceptors (Lipinski definition) is 3. The molecule has 0 amide bonds. The van der Waals surface area contributed by atoms with Crippen molar-refractivity contribution in [1.29, 1.82) is 0 Å². The Balaban J connectivity index is 1.48. The molecule has 6 aromatic rings. The maximum atomic E-state index is 5.00. The van der Waals surface area contributed by atoms with Crippen molar-refractivity contribution in [3.8, 4) is 56.4 Å². The second-order valence-corrected chi connectivity index (χ2v) is 9.47. The summed E-state index contributed by atoms with van der Waals surface area (Å²) in [5.41, 5.74) is 10.5.